The van der Waals surface area contributed by atoms with Crippen molar-refractivity contribution in [3.05, 3.63) is 76.3 Å². The number of sulfonamides is 1. The van der Waals surface area contributed by atoms with Crippen molar-refractivity contribution in [2.75, 3.05) is 12.4 Å². The van der Waals surface area contributed by atoms with Crippen LogP contribution >= 0.6 is 11.6 Å². The molecule has 10 heteroatoms. The van der Waals surface area contributed by atoms with E-state index in [-0.39, 0.29) is 16.2 Å². The molecule has 0 atom stereocenters. The van der Waals surface area contributed by atoms with Crippen molar-refractivity contribution >= 4 is 33.2 Å². The first-order valence-electron chi connectivity index (χ1n) is 9.12. The largest absolute Gasteiger partial charge is 0.493 e. The van der Waals surface area contributed by atoms with E-state index in [1.54, 1.807) is 19.1 Å². The quantitative estimate of drug-likeness (QED) is 0.553. The number of benzene rings is 3. The van der Waals surface area contributed by atoms with Gasteiger partial charge in [-0.2, -0.15) is 5.26 Å². The molecular weight excluding hydrogens is 454 g/mol. The number of carbonyl (C=O) groups excluding carboxylic acids is 1. The van der Waals surface area contributed by atoms with E-state index in [0.29, 0.717) is 33.3 Å². The molecule has 3 aromatic rings. The zero-order valence-electron chi connectivity index (χ0n) is 17.0. The first-order valence-corrected chi connectivity index (χ1v) is 11.0. The molecule has 0 spiro atoms. The second-order valence-corrected chi connectivity index (χ2v) is 8.73. The fourth-order valence-electron chi connectivity index (χ4n) is 2.85. The lowest BCUT2D eigenvalue weighted by atomic mass is 10.1. The molecule has 3 aromatic carbocycles. The molecule has 1 amide bonds. The number of nitrogens with two attached hydrogens (primary N) is 1. The minimum atomic E-state index is -3.84. The van der Waals surface area contributed by atoms with Crippen molar-refractivity contribution in [3.63, 3.8) is 0 Å². The minimum absolute atomic E-state index is 0.0447. The van der Waals surface area contributed by atoms with E-state index >= 15 is 0 Å². The van der Waals surface area contributed by atoms with E-state index in [9.17, 15) is 13.2 Å². The average molecular weight is 472 g/mol. The van der Waals surface area contributed by atoms with Crippen LogP contribution in [0.3, 0.4) is 0 Å². The summed E-state index contributed by atoms with van der Waals surface area (Å²) in [6.07, 6.45) is 0. The van der Waals surface area contributed by atoms with Gasteiger partial charge in [-0.1, -0.05) is 11.6 Å². The maximum absolute atomic E-state index is 12.7. The third-order valence-electron chi connectivity index (χ3n) is 4.43. The molecule has 0 aliphatic heterocycles. The van der Waals surface area contributed by atoms with Gasteiger partial charge in [0.25, 0.3) is 5.91 Å². The molecule has 164 valence electrons. The van der Waals surface area contributed by atoms with Crippen LogP contribution < -0.4 is 19.9 Å². The van der Waals surface area contributed by atoms with E-state index < -0.39 is 15.9 Å². The smallest absolute Gasteiger partial charge is 0.255 e. The van der Waals surface area contributed by atoms with E-state index in [2.05, 4.69) is 5.32 Å². The van der Waals surface area contributed by atoms with Crippen LogP contribution in [0.25, 0.3) is 0 Å². The molecule has 0 aliphatic rings. The number of ether oxygens (including phenoxy) is 2. The number of primary sulfonamides is 1. The molecule has 0 saturated heterocycles. The Kier molecular flexibility index (Phi) is 6.69. The second kappa shape index (κ2) is 9.28. The Bertz CT molecular complexity index is 1350. The van der Waals surface area contributed by atoms with E-state index in [4.69, 9.17) is 31.5 Å². The van der Waals surface area contributed by atoms with E-state index in [1.165, 1.54) is 49.6 Å². The van der Waals surface area contributed by atoms with Gasteiger partial charge in [0.2, 0.25) is 10.0 Å². The van der Waals surface area contributed by atoms with Crippen LogP contribution in [-0.2, 0) is 10.0 Å². The molecule has 3 N–H and O–H groups in total. The van der Waals surface area contributed by atoms with Crippen LogP contribution in [0.1, 0.15) is 21.5 Å². The molecule has 0 aromatic heterocycles. The van der Waals surface area contributed by atoms with Crippen molar-refractivity contribution in [3.8, 4) is 23.3 Å². The lowest BCUT2D eigenvalue weighted by molar-refractivity contribution is 0.102. The van der Waals surface area contributed by atoms with E-state index in [1.807, 2.05) is 6.07 Å². The zero-order chi connectivity index (χ0) is 23.5. The predicted octanol–water partition coefficient (Wildman–Crippen LogP) is 4.22. The fourth-order valence-corrected chi connectivity index (χ4v) is 3.68. The molecular formula is C22H18ClN3O5S. The van der Waals surface area contributed by atoms with Crippen molar-refractivity contribution in [2.24, 2.45) is 5.14 Å². The Labute approximate surface area is 190 Å². The average Bonchev–Trinajstić information content (AvgIpc) is 2.74. The number of aryl methyl sites for hydroxylation is 1. The number of nitrogens with one attached hydrogen (secondary N) is 1. The van der Waals surface area contributed by atoms with Gasteiger partial charge in [0, 0.05) is 16.3 Å². The van der Waals surface area contributed by atoms with Crippen molar-refractivity contribution < 1.29 is 22.7 Å². The summed E-state index contributed by atoms with van der Waals surface area (Å²) in [6, 6.07) is 15.3. The van der Waals surface area contributed by atoms with Gasteiger partial charge in [-0.3, -0.25) is 4.79 Å². The lowest BCUT2D eigenvalue weighted by Crippen LogP contribution is -2.15. The van der Waals surface area contributed by atoms with Gasteiger partial charge in [0.1, 0.15) is 5.75 Å². The highest BCUT2D eigenvalue weighted by atomic mass is 35.5. The minimum Gasteiger partial charge on any atom is -0.493 e. The number of amides is 1. The standard InChI is InChI=1S/C22H18ClN3O5S/c1-13-7-18(32(25,28)29)4-5-19(13)26-22(27)15-3-6-20(21(10-15)30-2)31-17-9-14(12-24)8-16(23)11-17/h3-11H,1-2H3,(H,26,27)(H2,25,28,29). The summed E-state index contributed by atoms with van der Waals surface area (Å²) in [6.45, 7) is 1.66. The Morgan fingerprint density at radius 1 is 1.09 bits per heavy atom. The number of carbonyl (C=O) groups is 1. The molecule has 3 rings (SSSR count). The molecule has 0 unspecified atom stereocenters. The number of halogens is 1. The summed E-state index contributed by atoms with van der Waals surface area (Å²) >= 11 is 6.00. The predicted molar refractivity (Wildman–Crippen MR) is 120 cm³/mol. The van der Waals surface area contributed by atoms with Crippen LogP contribution in [0.2, 0.25) is 5.02 Å². The summed E-state index contributed by atoms with van der Waals surface area (Å²) in [5, 5.41) is 17.3. The number of rotatable bonds is 6. The molecule has 0 bridgehead atoms. The Hall–Kier alpha value is -3.58. The normalized spacial score (nSPS) is 10.8. The number of hydrogen-bond donors (Lipinski definition) is 2. The maximum Gasteiger partial charge on any atom is 0.255 e. The molecule has 0 radical (unpaired) electrons. The van der Waals surface area contributed by atoms with Gasteiger partial charge in [-0.15, -0.1) is 0 Å². The number of anilines is 1. The zero-order valence-corrected chi connectivity index (χ0v) is 18.6. The van der Waals surface area contributed by atoms with Gasteiger partial charge in [0.15, 0.2) is 11.5 Å². The van der Waals surface area contributed by atoms with Crippen molar-refractivity contribution in [2.45, 2.75) is 11.8 Å². The molecule has 0 fully saturated rings. The Balaban J connectivity index is 1.83. The first kappa shape index (κ1) is 23.1. The summed E-state index contributed by atoms with van der Waals surface area (Å²) in [5.41, 5.74) is 1.59. The summed E-state index contributed by atoms with van der Waals surface area (Å²) in [5.74, 6) is 0.521. The molecule has 32 heavy (non-hydrogen) atoms. The summed E-state index contributed by atoms with van der Waals surface area (Å²) < 4.78 is 34.1. The summed E-state index contributed by atoms with van der Waals surface area (Å²) in [7, 11) is -2.41. The van der Waals surface area contributed by atoms with Crippen LogP contribution in [0.15, 0.2) is 59.5 Å². The van der Waals surface area contributed by atoms with Crippen molar-refractivity contribution in [1.29, 1.82) is 5.26 Å². The van der Waals surface area contributed by atoms with Gasteiger partial charge < -0.3 is 14.8 Å². The number of hydrogen-bond acceptors (Lipinski definition) is 6. The highest BCUT2D eigenvalue weighted by Gasteiger charge is 2.15. The first-order chi connectivity index (χ1) is 15.1. The van der Waals surface area contributed by atoms with Crippen LogP contribution in [0.4, 0.5) is 5.69 Å². The molecule has 0 heterocycles. The van der Waals surface area contributed by atoms with Crippen LogP contribution in [-0.4, -0.2) is 21.4 Å². The summed E-state index contributed by atoms with van der Waals surface area (Å²) in [4.78, 5) is 12.7. The highest BCUT2D eigenvalue weighted by Crippen LogP contribution is 2.34. The third-order valence-corrected chi connectivity index (χ3v) is 5.56. The Morgan fingerprint density at radius 3 is 2.47 bits per heavy atom. The van der Waals surface area contributed by atoms with E-state index in [0.717, 1.165) is 0 Å². The third kappa shape index (κ3) is 5.36. The number of methoxy groups -OCH3 is 1. The number of nitrogens with zero attached hydrogens (tertiary/aromatic N) is 1. The molecule has 0 saturated carbocycles. The SMILES string of the molecule is COc1cc(C(=O)Nc2ccc(S(N)(=O)=O)cc2C)ccc1Oc1cc(Cl)cc(C#N)c1. The molecule has 8 nitrogen and oxygen atoms in total. The van der Waals surface area contributed by atoms with Gasteiger partial charge in [-0.05, 0) is 67.1 Å². The van der Waals surface area contributed by atoms with Gasteiger partial charge in [-0.25, -0.2) is 13.6 Å². The second-order valence-electron chi connectivity index (χ2n) is 6.73. The van der Waals surface area contributed by atoms with Crippen LogP contribution in [0, 0.1) is 18.3 Å². The topological polar surface area (TPSA) is 132 Å². The van der Waals surface area contributed by atoms with Crippen LogP contribution in [0.5, 0.6) is 17.2 Å². The highest BCUT2D eigenvalue weighted by molar-refractivity contribution is 7.89. The lowest BCUT2D eigenvalue weighted by Gasteiger charge is -2.13. The molecule has 0 aliphatic carbocycles. The Morgan fingerprint density at radius 2 is 1.84 bits per heavy atom. The maximum atomic E-state index is 12.7. The number of nitriles is 1. The van der Waals surface area contributed by atoms with Crippen molar-refractivity contribution in [1.82, 2.24) is 0 Å². The monoisotopic (exact) mass is 471 g/mol. The fraction of sp³-hybridized carbons (Fsp3) is 0.0909. The van der Waals surface area contributed by atoms with Gasteiger partial charge in [0.05, 0.1) is 23.6 Å². The van der Waals surface area contributed by atoms with Gasteiger partial charge >= 0.3 is 0 Å².